The van der Waals surface area contributed by atoms with E-state index in [0.29, 0.717) is 6.54 Å². The first-order valence-electron chi connectivity index (χ1n) is 5.02. The molecule has 0 fully saturated rings. The van der Waals surface area contributed by atoms with E-state index >= 15 is 0 Å². The zero-order chi connectivity index (χ0) is 11.1. The molecule has 0 aliphatic rings. The molecule has 2 rings (SSSR count). The van der Waals surface area contributed by atoms with Gasteiger partial charge in [0.25, 0.3) is 0 Å². The van der Waals surface area contributed by atoms with Gasteiger partial charge in [0, 0.05) is 28.0 Å². The first kappa shape index (κ1) is 10.7. The molecule has 80 valence electrons. The number of benzene rings is 1. The highest BCUT2D eigenvalue weighted by atomic mass is 79.9. The normalized spacial score (nSPS) is 12.3. The lowest BCUT2D eigenvalue weighted by molar-refractivity contribution is 0.544. The maximum atomic E-state index is 5.80. The van der Waals surface area contributed by atoms with Crippen molar-refractivity contribution in [2.24, 2.45) is 5.73 Å². The second-order valence-electron chi connectivity index (χ2n) is 4.45. The number of fused-ring (bicyclic) bond motifs is 1. The van der Waals surface area contributed by atoms with Gasteiger partial charge in [-0.1, -0.05) is 26.0 Å². The van der Waals surface area contributed by atoms with Crippen molar-refractivity contribution in [1.29, 1.82) is 0 Å². The molecule has 3 N–H and O–H groups in total. The molecule has 0 saturated carbocycles. The smallest absolute Gasteiger partial charge is 0.0601 e. The molecule has 0 spiro atoms. The molecular weight excluding hydrogens is 252 g/mol. The van der Waals surface area contributed by atoms with Crippen molar-refractivity contribution in [3.63, 3.8) is 0 Å². The summed E-state index contributed by atoms with van der Waals surface area (Å²) in [6, 6.07) is 6.22. The highest BCUT2D eigenvalue weighted by Gasteiger charge is 2.22. The van der Waals surface area contributed by atoms with Gasteiger partial charge >= 0.3 is 0 Å². The number of aromatic nitrogens is 1. The molecule has 0 aliphatic carbocycles. The monoisotopic (exact) mass is 266 g/mol. The van der Waals surface area contributed by atoms with Crippen LogP contribution in [0.3, 0.4) is 0 Å². The molecule has 0 aliphatic heterocycles. The van der Waals surface area contributed by atoms with Gasteiger partial charge in [0.05, 0.1) is 5.52 Å². The third kappa shape index (κ3) is 1.70. The fourth-order valence-electron chi connectivity index (χ4n) is 1.79. The average Bonchev–Trinajstić information content (AvgIpc) is 2.63. The van der Waals surface area contributed by atoms with Gasteiger partial charge in [-0.25, -0.2) is 0 Å². The number of hydrogen-bond donors (Lipinski definition) is 2. The minimum absolute atomic E-state index is 0.0129. The molecule has 1 aromatic heterocycles. The van der Waals surface area contributed by atoms with E-state index in [4.69, 9.17) is 5.73 Å². The van der Waals surface area contributed by atoms with Gasteiger partial charge < -0.3 is 10.7 Å². The first-order valence-corrected chi connectivity index (χ1v) is 5.82. The van der Waals surface area contributed by atoms with E-state index in [1.54, 1.807) is 0 Å². The molecule has 1 heterocycles. The number of rotatable bonds is 2. The molecule has 0 atom stereocenters. The van der Waals surface area contributed by atoms with E-state index in [2.05, 4.69) is 53.1 Å². The Kier molecular flexibility index (Phi) is 2.61. The fourth-order valence-corrected chi connectivity index (χ4v) is 2.27. The van der Waals surface area contributed by atoms with Crippen LogP contribution < -0.4 is 5.73 Å². The SMILES string of the molecule is CC(C)(CN)c1c[nH]c2c(Br)cccc12. The zero-order valence-corrected chi connectivity index (χ0v) is 10.6. The lowest BCUT2D eigenvalue weighted by Gasteiger charge is -2.21. The zero-order valence-electron chi connectivity index (χ0n) is 8.97. The summed E-state index contributed by atoms with van der Waals surface area (Å²) in [5.41, 5.74) is 8.24. The van der Waals surface area contributed by atoms with Crippen molar-refractivity contribution in [2.45, 2.75) is 19.3 Å². The van der Waals surface area contributed by atoms with Crippen LogP contribution in [0.4, 0.5) is 0 Å². The van der Waals surface area contributed by atoms with Crippen LogP contribution in [-0.4, -0.2) is 11.5 Å². The third-order valence-electron chi connectivity index (χ3n) is 2.90. The van der Waals surface area contributed by atoms with Crippen LogP contribution in [0.2, 0.25) is 0 Å². The van der Waals surface area contributed by atoms with Crippen LogP contribution in [0, 0.1) is 0 Å². The number of para-hydroxylation sites is 1. The molecule has 0 radical (unpaired) electrons. The predicted molar refractivity (Wildman–Crippen MR) is 68.1 cm³/mol. The maximum Gasteiger partial charge on any atom is 0.0601 e. The van der Waals surface area contributed by atoms with Gasteiger partial charge in [0.1, 0.15) is 0 Å². The second-order valence-corrected chi connectivity index (χ2v) is 5.31. The van der Waals surface area contributed by atoms with E-state index in [1.807, 2.05) is 6.07 Å². The minimum atomic E-state index is 0.0129. The Hall–Kier alpha value is -0.800. The number of aromatic amines is 1. The Bertz CT molecular complexity index is 485. The summed E-state index contributed by atoms with van der Waals surface area (Å²) in [5, 5.41) is 1.25. The summed E-state index contributed by atoms with van der Waals surface area (Å²) in [7, 11) is 0. The van der Waals surface area contributed by atoms with Gasteiger partial charge in [0.2, 0.25) is 0 Å². The van der Waals surface area contributed by atoms with Gasteiger partial charge in [-0.2, -0.15) is 0 Å². The van der Waals surface area contributed by atoms with Crippen molar-refractivity contribution < 1.29 is 0 Å². The molecule has 3 heteroatoms. The first-order chi connectivity index (χ1) is 7.06. The molecule has 0 amide bonds. The molecule has 2 aromatic rings. The molecular formula is C12H15BrN2. The van der Waals surface area contributed by atoms with E-state index in [1.165, 1.54) is 10.9 Å². The van der Waals surface area contributed by atoms with Crippen LogP contribution in [0.25, 0.3) is 10.9 Å². The Labute approximate surface area is 98.0 Å². The van der Waals surface area contributed by atoms with Crippen molar-refractivity contribution in [3.8, 4) is 0 Å². The van der Waals surface area contributed by atoms with Gasteiger partial charge in [0.15, 0.2) is 0 Å². The predicted octanol–water partition coefficient (Wildman–Crippen LogP) is 3.17. The molecule has 2 nitrogen and oxygen atoms in total. The molecule has 0 bridgehead atoms. The van der Waals surface area contributed by atoms with Crippen LogP contribution in [0.15, 0.2) is 28.9 Å². The molecule has 1 aromatic carbocycles. The largest absolute Gasteiger partial charge is 0.360 e. The van der Waals surface area contributed by atoms with Crippen LogP contribution in [0.1, 0.15) is 19.4 Å². The Morgan fingerprint density at radius 1 is 1.40 bits per heavy atom. The second kappa shape index (κ2) is 3.65. The average molecular weight is 267 g/mol. The highest BCUT2D eigenvalue weighted by molar-refractivity contribution is 9.10. The van der Waals surface area contributed by atoms with Crippen molar-refractivity contribution in [1.82, 2.24) is 4.98 Å². The number of nitrogens with one attached hydrogen (secondary N) is 1. The minimum Gasteiger partial charge on any atom is -0.360 e. The summed E-state index contributed by atoms with van der Waals surface area (Å²) in [6.07, 6.45) is 2.06. The lowest BCUT2D eigenvalue weighted by Crippen LogP contribution is -2.27. The molecule has 15 heavy (non-hydrogen) atoms. The summed E-state index contributed by atoms with van der Waals surface area (Å²) in [5.74, 6) is 0. The summed E-state index contributed by atoms with van der Waals surface area (Å²) in [4.78, 5) is 3.29. The maximum absolute atomic E-state index is 5.80. The Morgan fingerprint density at radius 3 is 2.80 bits per heavy atom. The van der Waals surface area contributed by atoms with E-state index in [0.717, 1.165) is 9.99 Å². The van der Waals surface area contributed by atoms with Crippen molar-refractivity contribution >= 4 is 26.8 Å². The fraction of sp³-hybridized carbons (Fsp3) is 0.333. The third-order valence-corrected chi connectivity index (χ3v) is 3.56. The lowest BCUT2D eigenvalue weighted by atomic mass is 9.85. The Morgan fingerprint density at radius 2 is 2.13 bits per heavy atom. The van der Waals surface area contributed by atoms with Gasteiger partial charge in [-0.05, 0) is 27.6 Å². The van der Waals surface area contributed by atoms with Gasteiger partial charge in [-0.15, -0.1) is 0 Å². The molecule has 0 saturated heterocycles. The standard InChI is InChI=1S/C12H15BrN2/c1-12(2,7-14)9-6-15-11-8(9)4-3-5-10(11)13/h3-6,15H,7,14H2,1-2H3. The van der Waals surface area contributed by atoms with Gasteiger partial charge in [-0.3, -0.25) is 0 Å². The quantitative estimate of drug-likeness (QED) is 0.862. The summed E-state index contributed by atoms with van der Waals surface area (Å²) >= 11 is 3.54. The van der Waals surface area contributed by atoms with Crippen LogP contribution in [0.5, 0.6) is 0 Å². The van der Waals surface area contributed by atoms with E-state index in [-0.39, 0.29) is 5.41 Å². The van der Waals surface area contributed by atoms with Crippen LogP contribution in [-0.2, 0) is 5.41 Å². The summed E-state index contributed by atoms with van der Waals surface area (Å²) < 4.78 is 1.10. The number of H-pyrrole nitrogens is 1. The van der Waals surface area contributed by atoms with Crippen LogP contribution >= 0.6 is 15.9 Å². The summed E-state index contributed by atoms with van der Waals surface area (Å²) in [6.45, 7) is 4.97. The molecule has 0 unspecified atom stereocenters. The topological polar surface area (TPSA) is 41.8 Å². The number of nitrogens with two attached hydrogens (primary N) is 1. The Balaban J connectivity index is 2.69. The van der Waals surface area contributed by atoms with Crippen molar-refractivity contribution in [3.05, 3.63) is 34.4 Å². The van der Waals surface area contributed by atoms with E-state index in [9.17, 15) is 0 Å². The highest BCUT2D eigenvalue weighted by Crippen LogP contribution is 2.32. The number of hydrogen-bond acceptors (Lipinski definition) is 1. The van der Waals surface area contributed by atoms with E-state index < -0.39 is 0 Å². The number of halogens is 1. The van der Waals surface area contributed by atoms with Crippen molar-refractivity contribution in [2.75, 3.05) is 6.54 Å².